The third-order valence-electron chi connectivity index (χ3n) is 5.54. The van der Waals surface area contributed by atoms with Crippen molar-refractivity contribution in [1.82, 2.24) is 10.3 Å². The largest absolute Gasteiger partial charge is 0.493 e. The molecule has 2 atom stereocenters. The smallest absolute Gasteiger partial charge is 0.289 e. The zero-order valence-electron chi connectivity index (χ0n) is 16.7. The van der Waals surface area contributed by atoms with Crippen LogP contribution in [0.5, 0.6) is 17.2 Å². The summed E-state index contributed by atoms with van der Waals surface area (Å²) in [5, 5.41) is 20.5. The molecule has 160 valence electrons. The minimum absolute atomic E-state index is 0.0253. The van der Waals surface area contributed by atoms with Crippen molar-refractivity contribution in [2.75, 3.05) is 20.0 Å². The van der Waals surface area contributed by atoms with Crippen molar-refractivity contribution in [3.05, 3.63) is 57.6 Å². The van der Waals surface area contributed by atoms with E-state index in [1.165, 1.54) is 12.1 Å². The molecule has 3 aliphatic rings. The number of benzene rings is 2. The third-order valence-corrected chi connectivity index (χ3v) is 6.44. The van der Waals surface area contributed by atoms with Gasteiger partial charge in [0.1, 0.15) is 5.75 Å². The average molecular weight is 442 g/mol. The summed E-state index contributed by atoms with van der Waals surface area (Å²) >= 11 is 1.11. The van der Waals surface area contributed by atoms with Crippen LogP contribution in [0.1, 0.15) is 23.6 Å². The van der Waals surface area contributed by atoms with E-state index in [0.717, 1.165) is 23.0 Å². The Morgan fingerprint density at radius 3 is 2.74 bits per heavy atom. The third kappa shape index (κ3) is 3.03. The first-order valence-electron chi connectivity index (χ1n) is 9.45. The number of hydrogen-bond donors (Lipinski definition) is 1. The van der Waals surface area contributed by atoms with Gasteiger partial charge < -0.3 is 14.2 Å². The highest BCUT2D eigenvalue weighted by atomic mass is 32.2. The fourth-order valence-electron chi connectivity index (χ4n) is 4.08. The van der Waals surface area contributed by atoms with Crippen LogP contribution in [0, 0.1) is 10.1 Å². The van der Waals surface area contributed by atoms with Crippen molar-refractivity contribution in [2.24, 2.45) is 5.10 Å². The highest BCUT2D eigenvalue weighted by molar-refractivity contribution is 8.14. The molecule has 11 heteroatoms. The van der Waals surface area contributed by atoms with Crippen molar-refractivity contribution in [3.8, 4) is 17.2 Å². The van der Waals surface area contributed by atoms with Gasteiger partial charge in [0.2, 0.25) is 0 Å². The molecule has 31 heavy (non-hydrogen) atoms. The van der Waals surface area contributed by atoms with Gasteiger partial charge in [0.05, 0.1) is 36.6 Å². The van der Waals surface area contributed by atoms with E-state index in [1.807, 2.05) is 12.1 Å². The molecule has 1 spiro atoms. The van der Waals surface area contributed by atoms with Crippen molar-refractivity contribution in [2.45, 2.75) is 18.3 Å². The number of nitrogens with zero attached hydrogens (tertiary/aromatic N) is 3. The van der Waals surface area contributed by atoms with Crippen LogP contribution < -0.4 is 19.5 Å². The Bertz CT molecular complexity index is 1140. The molecule has 5 rings (SSSR count). The molecule has 2 aromatic rings. The highest BCUT2D eigenvalue weighted by Crippen LogP contribution is 2.49. The molecule has 0 aliphatic carbocycles. The molecule has 1 N–H and O–H groups in total. The van der Waals surface area contributed by atoms with Crippen molar-refractivity contribution < 1.29 is 23.9 Å². The lowest BCUT2D eigenvalue weighted by atomic mass is 9.95. The van der Waals surface area contributed by atoms with Gasteiger partial charge in [-0.05, 0) is 24.3 Å². The number of nitro benzene ring substituents is 1. The Morgan fingerprint density at radius 1 is 1.26 bits per heavy atom. The molecule has 1 amide bonds. The summed E-state index contributed by atoms with van der Waals surface area (Å²) in [6, 6.07) is 9.67. The summed E-state index contributed by atoms with van der Waals surface area (Å²) in [6.45, 7) is 0. The molecule has 0 bridgehead atoms. The van der Waals surface area contributed by atoms with Crippen LogP contribution in [0.25, 0.3) is 0 Å². The number of ether oxygens (including phenoxy) is 3. The van der Waals surface area contributed by atoms with Gasteiger partial charge in [-0.15, -0.1) is 0 Å². The number of nitrogens with one attached hydrogen (secondary N) is 1. The van der Waals surface area contributed by atoms with Gasteiger partial charge in [-0.3, -0.25) is 20.2 Å². The fraction of sp³-hybridized carbons (Fsp3) is 0.300. The Morgan fingerprint density at radius 2 is 2.06 bits per heavy atom. The number of thioether (sulfide) groups is 1. The lowest BCUT2D eigenvalue weighted by Gasteiger charge is -2.44. The molecule has 3 aliphatic heterocycles. The average Bonchev–Trinajstić information content (AvgIpc) is 3.38. The number of carbonyl (C=O) groups is 1. The lowest BCUT2D eigenvalue weighted by Crippen LogP contribution is -2.62. The number of carbonyl (C=O) groups excluding carboxylic acids is 1. The topological polar surface area (TPSA) is 116 Å². The van der Waals surface area contributed by atoms with Crippen molar-refractivity contribution in [3.63, 3.8) is 0 Å². The number of hydrazone groups is 1. The molecule has 3 heterocycles. The summed E-state index contributed by atoms with van der Waals surface area (Å²) in [7, 11) is 3.13. The maximum Gasteiger partial charge on any atom is 0.289 e. The highest BCUT2D eigenvalue weighted by Gasteiger charge is 2.55. The fourth-order valence-corrected chi connectivity index (χ4v) is 4.90. The lowest BCUT2D eigenvalue weighted by molar-refractivity contribution is -0.385. The predicted octanol–water partition coefficient (Wildman–Crippen LogP) is 3.27. The summed E-state index contributed by atoms with van der Waals surface area (Å²) in [5.41, 5.74) is 2.21. The first kappa shape index (κ1) is 19.5. The maximum atomic E-state index is 12.0. The molecule has 0 saturated carbocycles. The van der Waals surface area contributed by atoms with Gasteiger partial charge in [0, 0.05) is 29.7 Å². The first-order chi connectivity index (χ1) is 14.9. The molecular weight excluding hydrogens is 424 g/mol. The standard InChI is InChI=1S/C20H18N4O6S/c1-28-17-5-3-11(7-18(17)29-2)14-9-15-13-8-12(24(26)27)4-6-16(13)30-20(23(15)22-14)10-31-19(25)21-20/h3-8,15H,9-10H2,1-2H3,(H,21,25)/t15-,20+/m0/s1. The van der Waals surface area contributed by atoms with E-state index >= 15 is 0 Å². The number of methoxy groups -OCH3 is 2. The van der Waals surface area contributed by atoms with Crippen LogP contribution in [-0.4, -0.2) is 46.7 Å². The first-order valence-corrected chi connectivity index (χ1v) is 10.4. The van der Waals surface area contributed by atoms with Crippen molar-refractivity contribution >= 4 is 28.4 Å². The van der Waals surface area contributed by atoms with Crippen LogP contribution in [0.4, 0.5) is 10.5 Å². The molecular formula is C20H18N4O6S. The van der Waals surface area contributed by atoms with Gasteiger partial charge in [-0.25, -0.2) is 5.01 Å². The summed E-state index contributed by atoms with van der Waals surface area (Å²) < 4.78 is 16.9. The van der Waals surface area contributed by atoms with E-state index in [9.17, 15) is 14.9 Å². The van der Waals surface area contributed by atoms with Crippen LogP contribution in [0.15, 0.2) is 41.5 Å². The second-order valence-electron chi connectivity index (χ2n) is 7.25. The molecule has 1 fully saturated rings. The van der Waals surface area contributed by atoms with Crippen LogP contribution in [0.2, 0.25) is 0 Å². The number of rotatable bonds is 4. The SMILES string of the molecule is COc1ccc(C2=NN3[C@@H](C2)c2cc([N+](=O)[O-])ccc2O[C@@]32CSC(=O)N2)cc1OC. The van der Waals surface area contributed by atoms with E-state index in [1.54, 1.807) is 31.4 Å². The second kappa shape index (κ2) is 7.05. The van der Waals surface area contributed by atoms with Crippen LogP contribution >= 0.6 is 11.8 Å². The Balaban J connectivity index is 1.60. The zero-order valence-corrected chi connectivity index (χ0v) is 17.5. The Labute approximate surface area is 181 Å². The minimum Gasteiger partial charge on any atom is -0.493 e. The number of hydrogen-bond acceptors (Lipinski definition) is 9. The van der Waals surface area contributed by atoms with Gasteiger partial charge >= 0.3 is 0 Å². The monoisotopic (exact) mass is 442 g/mol. The van der Waals surface area contributed by atoms with Crippen LogP contribution in [-0.2, 0) is 0 Å². The number of nitro groups is 1. The van der Waals surface area contributed by atoms with E-state index in [4.69, 9.17) is 19.3 Å². The maximum absolute atomic E-state index is 12.0. The molecule has 0 aromatic heterocycles. The molecule has 10 nitrogen and oxygen atoms in total. The molecule has 0 unspecified atom stereocenters. The quantitative estimate of drug-likeness (QED) is 0.567. The Kier molecular flexibility index (Phi) is 4.43. The van der Waals surface area contributed by atoms with Gasteiger partial charge in [-0.2, -0.15) is 5.10 Å². The van der Waals surface area contributed by atoms with Gasteiger partial charge in [0.25, 0.3) is 16.8 Å². The van der Waals surface area contributed by atoms with Crippen LogP contribution in [0.3, 0.4) is 0 Å². The molecule has 2 aromatic carbocycles. The second-order valence-corrected chi connectivity index (χ2v) is 8.20. The van der Waals surface area contributed by atoms with Crippen molar-refractivity contribution in [1.29, 1.82) is 0 Å². The minimum atomic E-state index is -1.14. The number of amides is 1. The summed E-state index contributed by atoms with van der Waals surface area (Å²) in [4.78, 5) is 22.9. The van der Waals surface area contributed by atoms with E-state index in [2.05, 4.69) is 5.32 Å². The van der Waals surface area contributed by atoms with Gasteiger partial charge in [-0.1, -0.05) is 11.8 Å². The van der Waals surface area contributed by atoms with Gasteiger partial charge in [0.15, 0.2) is 11.5 Å². The number of fused-ring (bicyclic) bond motifs is 4. The van der Waals surface area contributed by atoms with E-state index in [0.29, 0.717) is 35.0 Å². The molecule has 0 radical (unpaired) electrons. The Hall–Kier alpha value is -3.47. The predicted molar refractivity (Wildman–Crippen MR) is 113 cm³/mol. The van der Waals surface area contributed by atoms with E-state index in [-0.39, 0.29) is 17.0 Å². The summed E-state index contributed by atoms with van der Waals surface area (Å²) in [5.74, 6) is 0.857. The number of non-ortho nitro benzene ring substituents is 1. The summed E-state index contributed by atoms with van der Waals surface area (Å²) in [6.07, 6.45) is 0.481. The normalized spacial score (nSPS) is 23.5. The zero-order chi connectivity index (χ0) is 21.8. The van der Waals surface area contributed by atoms with E-state index < -0.39 is 10.8 Å². The molecule has 1 saturated heterocycles.